The second kappa shape index (κ2) is 5.73. The van der Waals surface area contributed by atoms with E-state index < -0.39 is 0 Å². The first-order chi connectivity index (χ1) is 9.78. The third kappa shape index (κ3) is 2.59. The molecule has 1 saturated heterocycles. The SMILES string of the molecule is CC[C@H]1CN(Cn2ncc3ccccc3c2=O)CCO1. The number of hydrogen-bond donors (Lipinski definition) is 0. The summed E-state index contributed by atoms with van der Waals surface area (Å²) in [6.07, 6.45) is 3.02. The molecule has 1 aromatic carbocycles. The van der Waals surface area contributed by atoms with Crippen molar-refractivity contribution >= 4 is 10.8 Å². The van der Waals surface area contributed by atoms with Crippen molar-refractivity contribution in [1.29, 1.82) is 0 Å². The monoisotopic (exact) mass is 273 g/mol. The summed E-state index contributed by atoms with van der Waals surface area (Å²) in [4.78, 5) is 14.6. The van der Waals surface area contributed by atoms with Crippen LogP contribution in [0.15, 0.2) is 35.3 Å². The van der Waals surface area contributed by atoms with Crippen LogP contribution in [0.1, 0.15) is 13.3 Å². The molecule has 3 rings (SSSR count). The number of benzene rings is 1. The minimum atomic E-state index is -0.0253. The van der Waals surface area contributed by atoms with Crippen molar-refractivity contribution in [3.63, 3.8) is 0 Å². The molecule has 1 fully saturated rings. The summed E-state index contributed by atoms with van der Waals surface area (Å²) in [5.41, 5.74) is -0.0253. The average Bonchev–Trinajstić information content (AvgIpc) is 2.50. The van der Waals surface area contributed by atoms with Crippen molar-refractivity contribution in [3.05, 3.63) is 40.8 Å². The molecule has 0 unspecified atom stereocenters. The smallest absolute Gasteiger partial charge is 0.275 e. The number of ether oxygens (including phenoxy) is 1. The Hall–Kier alpha value is -1.72. The summed E-state index contributed by atoms with van der Waals surface area (Å²) in [6.45, 7) is 5.08. The lowest BCUT2D eigenvalue weighted by atomic mass is 10.2. The molecule has 106 valence electrons. The molecule has 0 aliphatic carbocycles. The summed E-state index contributed by atoms with van der Waals surface area (Å²) in [7, 11) is 0. The van der Waals surface area contributed by atoms with E-state index in [0.29, 0.717) is 6.67 Å². The Morgan fingerprint density at radius 2 is 2.25 bits per heavy atom. The molecule has 5 nitrogen and oxygen atoms in total. The molecule has 1 aromatic heterocycles. The predicted molar refractivity (Wildman–Crippen MR) is 77.6 cm³/mol. The van der Waals surface area contributed by atoms with Crippen LogP contribution < -0.4 is 5.56 Å². The molecule has 1 aliphatic heterocycles. The van der Waals surface area contributed by atoms with E-state index in [1.807, 2.05) is 24.3 Å². The molecule has 20 heavy (non-hydrogen) atoms. The van der Waals surface area contributed by atoms with Gasteiger partial charge in [-0.2, -0.15) is 5.10 Å². The standard InChI is InChI=1S/C15H19N3O2/c1-2-13-10-17(7-8-20-13)11-18-15(19)14-6-4-3-5-12(14)9-16-18/h3-6,9,13H,2,7-8,10-11H2,1H3/t13-/m0/s1. The topological polar surface area (TPSA) is 47.4 Å². The van der Waals surface area contributed by atoms with Crippen molar-refractivity contribution in [2.45, 2.75) is 26.1 Å². The van der Waals surface area contributed by atoms with Gasteiger partial charge in [0.2, 0.25) is 0 Å². The van der Waals surface area contributed by atoms with Crippen molar-refractivity contribution < 1.29 is 4.74 Å². The van der Waals surface area contributed by atoms with E-state index in [1.165, 1.54) is 0 Å². The van der Waals surface area contributed by atoms with Gasteiger partial charge in [-0.1, -0.05) is 25.1 Å². The van der Waals surface area contributed by atoms with Crippen LogP contribution in [-0.4, -0.2) is 40.5 Å². The first kappa shape index (κ1) is 13.3. The lowest BCUT2D eigenvalue weighted by molar-refractivity contribution is -0.0415. The Morgan fingerprint density at radius 3 is 3.10 bits per heavy atom. The van der Waals surface area contributed by atoms with Gasteiger partial charge in [-0.25, -0.2) is 4.68 Å². The molecular formula is C15H19N3O2. The minimum Gasteiger partial charge on any atom is -0.376 e. The number of fused-ring (bicyclic) bond motifs is 1. The molecule has 0 N–H and O–H groups in total. The zero-order valence-corrected chi connectivity index (χ0v) is 11.7. The van der Waals surface area contributed by atoms with Gasteiger partial charge in [0.25, 0.3) is 5.56 Å². The molecule has 2 aromatic rings. The molecular weight excluding hydrogens is 254 g/mol. The molecule has 5 heteroatoms. The quantitative estimate of drug-likeness (QED) is 0.849. The molecule has 0 saturated carbocycles. The lowest BCUT2D eigenvalue weighted by Gasteiger charge is -2.32. The Morgan fingerprint density at radius 1 is 1.40 bits per heavy atom. The highest BCUT2D eigenvalue weighted by molar-refractivity contribution is 5.80. The second-order valence-corrected chi connectivity index (χ2v) is 5.16. The van der Waals surface area contributed by atoms with Crippen LogP contribution in [0.2, 0.25) is 0 Å². The third-order valence-electron chi connectivity index (χ3n) is 3.77. The molecule has 2 heterocycles. The molecule has 1 aliphatic rings. The molecule has 0 bridgehead atoms. The zero-order chi connectivity index (χ0) is 13.9. The maximum absolute atomic E-state index is 12.4. The van der Waals surface area contributed by atoms with E-state index in [2.05, 4.69) is 16.9 Å². The van der Waals surface area contributed by atoms with Gasteiger partial charge in [0, 0.05) is 18.5 Å². The van der Waals surface area contributed by atoms with Gasteiger partial charge < -0.3 is 4.74 Å². The number of nitrogens with zero attached hydrogens (tertiary/aromatic N) is 3. The van der Waals surface area contributed by atoms with E-state index in [4.69, 9.17) is 4.74 Å². The van der Waals surface area contributed by atoms with Gasteiger partial charge >= 0.3 is 0 Å². The van der Waals surface area contributed by atoms with E-state index in [0.717, 1.165) is 36.9 Å². The summed E-state index contributed by atoms with van der Waals surface area (Å²) < 4.78 is 7.19. The molecule has 1 atom stereocenters. The fraction of sp³-hybridized carbons (Fsp3) is 0.467. The van der Waals surface area contributed by atoms with Crippen molar-refractivity contribution in [1.82, 2.24) is 14.7 Å². The molecule has 0 spiro atoms. The Balaban J connectivity index is 1.84. The zero-order valence-electron chi connectivity index (χ0n) is 11.7. The number of morpholine rings is 1. The van der Waals surface area contributed by atoms with E-state index in [-0.39, 0.29) is 11.7 Å². The lowest BCUT2D eigenvalue weighted by Crippen LogP contribution is -2.44. The van der Waals surface area contributed by atoms with Gasteiger partial charge in [0.15, 0.2) is 0 Å². The largest absolute Gasteiger partial charge is 0.376 e. The van der Waals surface area contributed by atoms with Crippen LogP contribution in [0.3, 0.4) is 0 Å². The third-order valence-corrected chi connectivity index (χ3v) is 3.77. The van der Waals surface area contributed by atoms with E-state index in [9.17, 15) is 4.79 Å². The minimum absolute atomic E-state index is 0.0253. The Labute approximate surface area is 117 Å². The highest BCUT2D eigenvalue weighted by Crippen LogP contribution is 2.10. The fourth-order valence-corrected chi connectivity index (χ4v) is 2.57. The molecule has 0 radical (unpaired) electrons. The Kier molecular flexibility index (Phi) is 3.80. The van der Waals surface area contributed by atoms with Crippen LogP contribution in [0.5, 0.6) is 0 Å². The normalized spacial score (nSPS) is 20.4. The summed E-state index contributed by atoms with van der Waals surface area (Å²) in [5, 5.41) is 5.89. The van der Waals surface area contributed by atoms with Crippen molar-refractivity contribution in [2.75, 3.05) is 19.7 Å². The van der Waals surface area contributed by atoms with Crippen molar-refractivity contribution in [2.24, 2.45) is 0 Å². The van der Waals surface area contributed by atoms with E-state index >= 15 is 0 Å². The van der Waals surface area contributed by atoms with E-state index in [1.54, 1.807) is 10.9 Å². The van der Waals surface area contributed by atoms with Crippen molar-refractivity contribution in [3.8, 4) is 0 Å². The van der Waals surface area contributed by atoms with Gasteiger partial charge in [0.05, 0.1) is 31.0 Å². The average molecular weight is 273 g/mol. The summed E-state index contributed by atoms with van der Waals surface area (Å²) in [6, 6.07) is 7.57. The van der Waals surface area contributed by atoms with Gasteiger partial charge in [0.1, 0.15) is 0 Å². The number of aromatic nitrogens is 2. The van der Waals surface area contributed by atoms with Crippen LogP contribution in [-0.2, 0) is 11.4 Å². The summed E-state index contributed by atoms with van der Waals surface area (Å²) in [5.74, 6) is 0. The first-order valence-electron chi connectivity index (χ1n) is 7.06. The number of rotatable bonds is 3. The number of hydrogen-bond acceptors (Lipinski definition) is 4. The van der Waals surface area contributed by atoms with Gasteiger partial charge in [-0.05, 0) is 12.5 Å². The predicted octanol–water partition coefficient (Wildman–Crippen LogP) is 1.46. The molecule has 0 amide bonds. The Bertz CT molecular complexity index is 653. The highest BCUT2D eigenvalue weighted by atomic mass is 16.5. The van der Waals surface area contributed by atoms with Gasteiger partial charge in [-0.15, -0.1) is 0 Å². The van der Waals surface area contributed by atoms with Crippen LogP contribution in [0.25, 0.3) is 10.8 Å². The van der Waals surface area contributed by atoms with Gasteiger partial charge in [-0.3, -0.25) is 9.69 Å². The highest BCUT2D eigenvalue weighted by Gasteiger charge is 2.19. The van der Waals surface area contributed by atoms with Crippen LogP contribution >= 0.6 is 0 Å². The summed E-state index contributed by atoms with van der Waals surface area (Å²) >= 11 is 0. The fourth-order valence-electron chi connectivity index (χ4n) is 2.57. The van der Waals surface area contributed by atoms with Crippen LogP contribution in [0.4, 0.5) is 0 Å². The second-order valence-electron chi connectivity index (χ2n) is 5.16. The maximum Gasteiger partial charge on any atom is 0.275 e. The first-order valence-corrected chi connectivity index (χ1v) is 7.06. The maximum atomic E-state index is 12.4. The van der Waals surface area contributed by atoms with Crippen LogP contribution in [0, 0.1) is 0 Å².